The molecule has 0 N–H and O–H groups in total. The summed E-state index contributed by atoms with van der Waals surface area (Å²) in [5.74, 6) is 1.96. The van der Waals surface area contributed by atoms with E-state index in [9.17, 15) is 4.79 Å². The first kappa shape index (κ1) is 31.3. The molecule has 0 bridgehead atoms. The SMILES string of the molecule is CCOc1cc(N2CCN(C(CCl)C(=O)C(CCl)N3CCN(c4ccc(Cl)c(OCC)c4)CC3)CC2)ccc1Cl. The summed E-state index contributed by atoms with van der Waals surface area (Å²) in [6.07, 6.45) is 0. The lowest BCUT2D eigenvalue weighted by molar-refractivity contribution is -0.128. The number of rotatable bonds is 12. The lowest BCUT2D eigenvalue weighted by atomic mass is 10.0. The van der Waals surface area contributed by atoms with Crippen LogP contribution in [0, 0.1) is 0 Å². The first-order valence-electron chi connectivity index (χ1n) is 13.9. The van der Waals surface area contributed by atoms with Gasteiger partial charge in [0, 0.05) is 87.6 Å². The summed E-state index contributed by atoms with van der Waals surface area (Å²) >= 11 is 25.4. The number of piperazine rings is 2. The number of hydrogen-bond acceptors (Lipinski definition) is 7. The van der Waals surface area contributed by atoms with Gasteiger partial charge in [-0.2, -0.15) is 0 Å². The highest BCUT2D eigenvalue weighted by Gasteiger charge is 2.36. The zero-order valence-electron chi connectivity index (χ0n) is 23.1. The summed E-state index contributed by atoms with van der Waals surface area (Å²) in [5.41, 5.74) is 2.12. The molecule has 2 aliphatic rings. The summed E-state index contributed by atoms with van der Waals surface area (Å²) in [5, 5.41) is 1.21. The molecule has 2 aromatic carbocycles. The van der Waals surface area contributed by atoms with Crippen LogP contribution in [0.15, 0.2) is 36.4 Å². The van der Waals surface area contributed by atoms with Crippen LogP contribution in [0.25, 0.3) is 0 Å². The summed E-state index contributed by atoms with van der Waals surface area (Å²) < 4.78 is 11.3. The number of ketones is 1. The van der Waals surface area contributed by atoms with Crippen molar-refractivity contribution in [1.29, 1.82) is 0 Å². The number of Topliss-reactive ketones (excluding diaryl/α,β-unsaturated/α-hetero) is 1. The molecule has 0 amide bonds. The van der Waals surface area contributed by atoms with Gasteiger partial charge in [-0.05, 0) is 38.1 Å². The number of carbonyl (C=O) groups excluding carboxylic acids is 1. The van der Waals surface area contributed by atoms with Crippen molar-refractivity contribution in [3.8, 4) is 11.5 Å². The van der Waals surface area contributed by atoms with E-state index in [1.54, 1.807) is 0 Å². The Labute approximate surface area is 257 Å². The normalized spacial score (nSPS) is 18.4. The van der Waals surface area contributed by atoms with Crippen LogP contribution in [0.1, 0.15) is 13.8 Å². The Kier molecular flexibility index (Phi) is 11.8. The van der Waals surface area contributed by atoms with Gasteiger partial charge in [0.15, 0.2) is 5.78 Å². The van der Waals surface area contributed by atoms with E-state index < -0.39 is 0 Å². The second-order valence-corrected chi connectivity index (χ2v) is 11.3. The highest BCUT2D eigenvalue weighted by Crippen LogP contribution is 2.32. The van der Waals surface area contributed by atoms with E-state index >= 15 is 0 Å². The van der Waals surface area contributed by atoms with Crippen LogP contribution < -0.4 is 19.3 Å². The molecule has 7 nitrogen and oxygen atoms in total. The fourth-order valence-corrected chi connectivity index (χ4v) is 6.46. The Balaban J connectivity index is 1.34. The van der Waals surface area contributed by atoms with Crippen molar-refractivity contribution in [2.75, 3.05) is 87.1 Å². The number of anilines is 2. The molecular weight excluding hydrogens is 594 g/mol. The predicted molar refractivity (Wildman–Crippen MR) is 167 cm³/mol. The van der Waals surface area contributed by atoms with Gasteiger partial charge in [0.1, 0.15) is 11.5 Å². The molecule has 2 aromatic rings. The van der Waals surface area contributed by atoms with Gasteiger partial charge in [-0.25, -0.2) is 0 Å². The van der Waals surface area contributed by atoms with E-state index in [0.717, 1.165) is 63.7 Å². The average Bonchev–Trinajstić information content (AvgIpc) is 2.97. The Bertz CT molecular complexity index is 1040. The molecule has 0 aliphatic carbocycles. The number of nitrogens with zero attached hydrogens (tertiary/aromatic N) is 4. The average molecular weight is 632 g/mol. The van der Waals surface area contributed by atoms with Crippen LogP contribution in [-0.2, 0) is 4.79 Å². The van der Waals surface area contributed by atoms with Gasteiger partial charge in [0.2, 0.25) is 0 Å². The van der Waals surface area contributed by atoms with Gasteiger partial charge in [-0.3, -0.25) is 14.6 Å². The van der Waals surface area contributed by atoms with E-state index in [0.29, 0.717) is 34.8 Å². The van der Waals surface area contributed by atoms with Crippen molar-refractivity contribution < 1.29 is 14.3 Å². The Morgan fingerprint density at radius 1 is 0.700 bits per heavy atom. The van der Waals surface area contributed by atoms with E-state index in [1.165, 1.54) is 0 Å². The molecule has 2 saturated heterocycles. The van der Waals surface area contributed by atoms with Gasteiger partial charge in [0.05, 0.1) is 35.3 Å². The van der Waals surface area contributed by atoms with E-state index in [1.807, 2.05) is 50.2 Å². The van der Waals surface area contributed by atoms with Gasteiger partial charge in [-0.15, -0.1) is 23.2 Å². The van der Waals surface area contributed by atoms with Crippen molar-refractivity contribution in [3.05, 3.63) is 46.4 Å². The molecule has 2 heterocycles. The highest BCUT2D eigenvalue weighted by atomic mass is 35.5. The fraction of sp³-hybridized carbons (Fsp3) is 0.552. The maximum atomic E-state index is 13.8. The maximum Gasteiger partial charge on any atom is 0.169 e. The van der Waals surface area contributed by atoms with E-state index in [4.69, 9.17) is 55.9 Å². The van der Waals surface area contributed by atoms with Crippen molar-refractivity contribution in [2.45, 2.75) is 25.9 Å². The van der Waals surface area contributed by atoms with Gasteiger partial charge < -0.3 is 19.3 Å². The number of halogens is 4. The molecule has 220 valence electrons. The lowest BCUT2D eigenvalue weighted by Gasteiger charge is -2.43. The second kappa shape index (κ2) is 15.0. The van der Waals surface area contributed by atoms with Crippen LogP contribution in [0.3, 0.4) is 0 Å². The second-order valence-electron chi connectivity index (χ2n) is 9.88. The minimum absolute atomic E-state index is 0.0992. The number of hydrogen-bond donors (Lipinski definition) is 0. The molecule has 4 rings (SSSR count). The predicted octanol–water partition coefficient (Wildman–Crippen LogP) is 5.52. The Morgan fingerprint density at radius 3 is 1.40 bits per heavy atom. The van der Waals surface area contributed by atoms with E-state index in [2.05, 4.69) is 19.6 Å². The topological polar surface area (TPSA) is 48.5 Å². The first-order chi connectivity index (χ1) is 19.4. The van der Waals surface area contributed by atoms with Crippen molar-refractivity contribution >= 4 is 63.6 Å². The minimum atomic E-state index is -0.375. The van der Waals surface area contributed by atoms with Gasteiger partial charge in [-0.1, -0.05) is 23.2 Å². The third-order valence-electron chi connectivity index (χ3n) is 7.62. The molecule has 0 saturated carbocycles. The standard InChI is InChI=1S/C29H38Cl4N4O3/c1-3-39-27-17-21(5-7-23(27)32)34-9-13-36(14-10-34)25(19-30)29(38)26(20-31)37-15-11-35(12-16-37)22-6-8-24(33)28(18-22)40-4-2/h5-8,17-18,25-26H,3-4,9-16,19-20H2,1-2H3. The molecular formula is C29H38Cl4N4O3. The number of carbonyl (C=O) groups is 1. The zero-order chi connectivity index (χ0) is 28.6. The quantitative estimate of drug-likeness (QED) is 0.286. The monoisotopic (exact) mass is 630 g/mol. The molecule has 2 unspecified atom stereocenters. The maximum absolute atomic E-state index is 13.8. The number of alkyl halides is 2. The molecule has 2 aliphatic heterocycles. The molecule has 11 heteroatoms. The van der Waals surface area contributed by atoms with Crippen LogP contribution >= 0.6 is 46.4 Å². The van der Waals surface area contributed by atoms with Crippen LogP contribution in [0.5, 0.6) is 11.5 Å². The summed E-state index contributed by atoms with van der Waals surface area (Å²) in [7, 11) is 0. The molecule has 2 fully saturated rings. The smallest absolute Gasteiger partial charge is 0.169 e. The Morgan fingerprint density at radius 2 is 1.07 bits per heavy atom. The van der Waals surface area contributed by atoms with Gasteiger partial charge >= 0.3 is 0 Å². The minimum Gasteiger partial charge on any atom is -0.492 e. The number of ether oxygens (including phenoxy) is 2. The van der Waals surface area contributed by atoms with E-state index in [-0.39, 0.29) is 29.6 Å². The zero-order valence-corrected chi connectivity index (χ0v) is 26.2. The molecule has 2 atom stereocenters. The lowest BCUT2D eigenvalue weighted by Crippen LogP contribution is -2.60. The Hall–Kier alpha value is -1.61. The van der Waals surface area contributed by atoms with Crippen molar-refractivity contribution in [2.24, 2.45) is 0 Å². The first-order valence-corrected chi connectivity index (χ1v) is 15.7. The molecule has 0 spiro atoms. The fourth-order valence-electron chi connectivity index (χ4n) is 5.42. The van der Waals surface area contributed by atoms with Crippen LogP contribution in [-0.4, -0.2) is 105 Å². The summed E-state index contributed by atoms with van der Waals surface area (Å²) in [6, 6.07) is 11.0. The van der Waals surface area contributed by atoms with Crippen molar-refractivity contribution in [3.63, 3.8) is 0 Å². The molecule has 40 heavy (non-hydrogen) atoms. The number of benzene rings is 2. The highest BCUT2D eigenvalue weighted by molar-refractivity contribution is 6.32. The summed E-state index contributed by atoms with van der Waals surface area (Å²) in [6.45, 7) is 11.1. The third kappa shape index (κ3) is 7.42. The summed E-state index contributed by atoms with van der Waals surface area (Å²) in [4.78, 5) is 22.7. The molecule has 0 aromatic heterocycles. The largest absolute Gasteiger partial charge is 0.492 e. The van der Waals surface area contributed by atoms with Crippen LogP contribution in [0.4, 0.5) is 11.4 Å². The van der Waals surface area contributed by atoms with Gasteiger partial charge in [0.25, 0.3) is 0 Å². The molecule has 0 radical (unpaired) electrons. The third-order valence-corrected chi connectivity index (χ3v) is 8.83. The van der Waals surface area contributed by atoms with Crippen LogP contribution in [0.2, 0.25) is 10.0 Å². The van der Waals surface area contributed by atoms with Crippen molar-refractivity contribution in [1.82, 2.24) is 9.80 Å².